The number of carbonyl (C=O) groups excluding carboxylic acids is 1. The van der Waals surface area contributed by atoms with Gasteiger partial charge in [-0.25, -0.2) is 0 Å². The maximum atomic E-state index is 12.2. The number of nitro groups is 1. The van der Waals surface area contributed by atoms with Crippen LogP contribution >= 0.6 is 15.9 Å². The quantitative estimate of drug-likeness (QED) is 0.525. The lowest BCUT2D eigenvalue weighted by Crippen LogP contribution is -2.47. The van der Waals surface area contributed by atoms with E-state index in [9.17, 15) is 14.9 Å². The summed E-state index contributed by atoms with van der Waals surface area (Å²) in [5, 5.41) is 14.4. The van der Waals surface area contributed by atoms with Gasteiger partial charge in [0, 0.05) is 23.0 Å². The summed E-state index contributed by atoms with van der Waals surface area (Å²) in [5.41, 5.74) is 0.0650. The molecule has 102 valence electrons. The number of alkyl halides is 1. The molecule has 1 saturated carbocycles. The minimum absolute atomic E-state index is 0.0630. The molecule has 0 saturated heterocycles. The highest BCUT2D eigenvalue weighted by molar-refractivity contribution is 9.09. The topological polar surface area (TPSA) is 72.2 Å². The number of halogens is 1. The molecular weight excluding hydrogens is 312 g/mol. The van der Waals surface area contributed by atoms with Crippen molar-refractivity contribution in [3.8, 4) is 0 Å². The summed E-state index contributed by atoms with van der Waals surface area (Å²) in [6.07, 6.45) is 4.08. The summed E-state index contributed by atoms with van der Waals surface area (Å²) in [4.78, 5) is 22.4. The molecule has 19 heavy (non-hydrogen) atoms. The zero-order chi connectivity index (χ0) is 13.9. The van der Waals surface area contributed by atoms with E-state index in [1.807, 2.05) is 0 Å². The van der Waals surface area contributed by atoms with Crippen molar-refractivity contribution in [2.45, 2.75) is 31.2 Å². The first-order valence-electron chi connectivity index (χ1n) is 6.19. The molecule has 0 atom stereocenters. The van der Waals surface area contributed by atoms with E-state index in [4.69, 9.17) is 0 Å². The normalized spacial score (nSPS) is 17.1. The van der Waals surface area contributed by atoms with Crippen LogP contribution in [0.3, 0.4) is 0 Å². The molecular formula is C13H15BrN2O3. The number of nitro benzene ring substituents is 1. The summed E-state index contributed by atoms with van der Waals surface area (Å²) >= 11 is 3.45. The molecule has 0 spiro atoms. The summed E-state index contributed by atoms with van der Waals surface area (Å²) < 4.78 is 0. The number of non-ortho nitro benzene ring substituents is 1. The Hall–Kier alpha value is -1.43. The van der Waals surface area contributed by atoms with Gasteiger partial charge in [0.1, 0.15) is 0 Å². The highest BCUT2D eigenvalue weighted by Crippen LogP contribution is 2.31. The summed E-state index contributed by atoms with van der Waals surface area (Å²) in [7, 11) is 0. The average Bonchev–Trinajstić information content (AvgIpc) is 2.88. The van der Waals surface area contributed by atoms with Crippen molar-refractivity contribution in [1.29, 1.82) is 0 Å². The Labute approximate surface area is 119 Å². The van der Waals surface area contributed by atoms with Crippen LogP contribution in [0.5, 0.6) is 0 Å². The van der Waals surface area contributed by atoms with Gasteiger partial charge in [0.25, 0.3) is 11.6 Å². The summed E-state index contributed by atoms with van der Waals surface area (Å²) in [6, 6.07) is 5.82. The minimum atomic E-state index is -0.493. The highest BCUT2D eigenvalue weighted by Gasteiger charge is 2.34. The van der Waals surface area contributed by atoms with E-state index in [1.54, 1.807) is 6.07 Å². The van der Waals surface area contributed by atoms with Crippen LogP contribution in [0, 0.1) is 10.1 Å². The van der Waals surface area contributed by atoms with Crippen LogP contribution in [0.1, 0.15) is 36.0 Å². The van der Waals surface area contributed by atoms with Crippen LogP contribution in [0.25, 0.3) is 0 Å². The van der Waals surface area contributed by atoms with Gasteiger partial charge in [0.2, 0.25) is 0 Å². The third kappa shape index (κ3) is 3.12. The van der Waals surface area contributed by atoms with Gasteiger partial charge in [-0.15, -0.1) is 0 Å². The van der Waals surface area contributed by atoms with Crippen LogP contribution in [0.15, 0.2) is 24.3 Å². The molecule has 1 aromatic rings. The van der Waals surface area contributed by atoms with Crippen molar-refractivity contribution in [1.82, 2.24) is 5.32 Å². The second kappa shape index (κ2) is 5.69. The van der Waals surface area contributed by atoms with Crippen LogP contribution in [-0.2, 0) is 0 Å². The first-order valence-corrected chi connectivity index (χ1v) is 7.31. The molecule has 0 aromatic heterocycles. The van der Waals surface area contributed by atoms with Crippen molar-refractivity contribution >= 4 is 27.5 Å². The zero-order valence-electron chi connectivity index (χ0n) is 10.4. The number of nitrogens with zero attached hydrogens (tertiary/aromatic N) is 1. The first kappa shape index (κ1) is 14.0. The van der Waals surface area contributed by atoms with Crippen molar-refractivity contribution in [2.24, 2.45) is 0 Å². The van der Waals surface area contributed by atoms with Crippen LogP contribution in [0.2, 0.25) is 0 Å². The molecule has 0 heterocycles. The molecule has 2 rings (SSSR count). The Bertz CT molecular complexity index is 498. The van der Waals surface area contributed by atoms with Gasteiger partial charge in [-0.1, -0.05) is 34.8 Å². The molecule has 1 aromatic carbocycles. The van der Waals surface area contributed by atoms with Crippen molar-refractivity contribution in [2.75, 3.05) is 5.33 Å². The molecule has 1 fully saturated rings. The maximum Gasteiger partial charge on any atom is 0.270 e. The number of hydrogen-bond donors (Lipinski definition) is 1. The Balaban J connectivity index is 2.15. The fourth-order valence-electron chi connectivity index (χ4n) is 2.42. The third-order valence-corrected chi connectivity index (χ3v) is 4.59. The fourth-order valence-corrected chi connectivity index (χ4v) is 3.12. The second-order valence-electron chi connectivity index (χ2n) is 4.88. The van der Waals surface area contributed by atoms with Crippen molar-refractivity contribution < 1.29 is 9.72 Å². The van der Waals surface area contributed by atoms with Crippen LogP contribution in [-0.4, -0.2) is 21.7 Å². The monoisotopic (exact) mass is 326 g/mol. The number of benzene rings is 1. The smallest absolute Gasteiger partial charge is 0.270 e. The Morgan fingerprint density at radius 3 is 2.68 bits per heavy atom. The van der Waals surface area contributed by atoms with E-state index in [2.05, 4.69) is 21.2 Å². The van der Waals surface area contributed by atoms with E-state index in [0.717, 1.165) is 25.7 Å². The van der Waals surface area contributed by atoms with Gasteiger partial charge in [0.15, 0.2) is 0 Å². The molecule has 1 amide bonds. The summed E-state index contributed by atoms with van der Waals surface area (Å²) in [5.74, 6) is -0.245. The Morgan fingerprint density at radius 1 is 1.42 bits per heavy atom. The molecule has 0 unspecified atom stereocenters. The molecule has 1 aliphatic carbocycles. The Morgan fingerprint density at radius 2 is 2.11 bits per heavy atom. The largest absolute Gasteiger partial charge is 0.346 e. The zero-order valence-corrected chi connectivity index (χ0v) is 12.0. The first-order chi connectivity index (χ1) is 9.06. The van der Waals surface area contributed by atoms with Crippen molar-refractivity contribution in [3.05, 3.63) is 39.9 Å². The van der Waals surface area contributed by atoms with Gasteiger partial charge in [-0.2, -0.15) is 0 Å². The lowest BCUT2D eigenvalue weighted by atomic mass is 10.00. The van der Waals surface area contributed by atoms with E-state index >= 15 is 0 Å². The lowest BCUT2D eigenvalue weighted by molar-refractivity contribution is -0.384. The van der Waals surface area contributed by atoms with E-state index in [-0.39, 0.29) is 17.1 Å². The number of nitrogens with one attached hydrogen (secondary N) is 1. The van der Waals surface area contributed by atoms with Gasteiger partial charge in [-0.3, -0.25) is 14.9 Å². The number of amides is 1. The van der Waals surface area contributed by atoms with E-state index in [0.29, 0.717) is 10.9 Å². The molecule has 1 aliphatic rings. The van der Waals surface area contributed by atoms with Gasteiger partial charge < -0.3 is 5.32 Å². The predicted molar refractivity (Wildman–Crippen MR) is 75.6 cm³/mol. The molecule has 5 nitrogen and oxygen atoms in total. The van der Waals surface area contributed by atoms with Crippen molar-refractivity contribution in [3.63, 3.8) is 0 Å². The van der Waals surface area contributed by atoms with Gasteiger partial charge in [0.05, 0.1) is 10.5 Å². The van der Waals surface area contributed by atoms with Gasteiger partial charge in [-0.05, 0) is 18.9 Å². The molecule has 6 heteroatoms. The number of carbonyl (C=O) groups is 1. The highest BCUT2D eigenvalue weighted by atomic mass is 79.9. The third-order valence-electron chi connectivity index (χ3n) is 3.51. The Kier molecular flexibility index (Phi) is 4.19. The molecule has 1 N–H and O–H groups in total. The van der Waals surface area contributed by atoms with Crippen LogP contribution < -0.4 is 5.32 Å². The fraction of sp³-hybridized carbons (Fsp3) is 0.462. The standard InChI is InChI=1S/C13H15BrN2O3/c14-9-13(6-1-2-7-13)15-12(17)10-4-3-5-11(8-10)16(18)19/h3-5,8H,1-2,6-7,9H2,(H,15,17). The molecule has 0 aliphatic heterocycles. The second-order valence-corrected chi connectivity index (χ2v) is 5.44. The maximum absolute atomic E-state index is 12.2. The van der Waals surface area contributed by atoms with Crippen LogP contribution in [0.4, 0.5) is 5.69 Å². The molecule has 0 bridgehead atoms. The SMILES string of the molecule is O=C(NC1(CBr)CCCC1)c1cccc([N+](=O)[O-])c1. The number of hydrogen-bond acceptors (Lipinski definition) is 3. The summed E-state index contributed by atoms with van der Waals surface area (Å²) in [6.45, 7) is 0. The van der Waals surface area contributed by atoms with E-state index in [1.165, 1.54) is 18.2 Å². The van der Waals surface area contributed by atoms with E-state index < -0.39 is 4.92 Å². The van der Waals surface area contributed by atoms with Gasteiger partial charge >= 0.3 is 0 Å². The number of rotatable bonds is 4. The lowest BCUT2D eigenvalue weighted by Gasteiger charge is -2.28. The predicted octanol–water partition coefficient (Wildman–Crippen LogP) is 3.03. The minimum Gasteiger partial charge on any atom is -0.346 e. The molecule has 0 radical (unpaired) electrons. The average molecular weight is 327 g/mol.